The average molecular weight is 478 g/mol. The van der Waals surface area contributed by atoms with Crippen LogP contribution in [0.1, 0.15) is 5.56 Å². The SMILES string of the molecule is COc1ccc(CN(C)CC(=O)Nc2ccc(N3CCOCC3)cc2)c(Br)c1OC. The number of likely N-dealkylation sites (N-methyl/N-ethyl adjacent to an activating group) is 1. The minimum Gasteiger partial charge on any atom is -0.493 e. The maximum atomic E-state index is 12.5. The highest BCUT2D eigenvalue weighted by Crippen LogP contribution is 2.37. The number of amides is 1. The highest BCUT2D eigenvalue weighted by Gasteiger charge is 2.16. The molecule has 0 spiro atoms. The van der Waals surface area contributed by atoms with Crippen LogP contribution in [-0.4, -0.2) is 64.9 Å². The number of hydrogen-bond donors (Lipinski definition) is 1. The van der Waals surface area contributed by atoms with E-state index in [4.69, 9.17) is 14.2 Å². The summed E-state index contributed by atoms with van der Waals surface area (Å²) >= 11 is 3.58. The molecule has 8 heteroatoms. The number of ether oxygens (including phenoxy) is 3. The first-order valence-electron chi connectivity index (χ1n) is 9.82. The average Bonchev–Trinajstić information content (AvgIpc) is 2.76. The molecule has 1 saturated heterocycles. The van der Waals surface area contributed by atoms with Crippen molar-refractivity contribution in [3.63, 3.8) is 0 Å². The Morgan fingerprint density at radius 2 is 1.83 bits per heavy atom. The second kappa shape index (κ2) is 10.7. The summed E-state index contributed by atoms with van der Waals surface area (Å²) in [4.78, 5) is 16.7. The molecule has 0 atom stereocenters. The smallest absolute Gasteiger partial charge is 0.238 e. The number of nitrogens with zero attached hydrogens (tertiary/aromatic N) is 2. The molecule has 0 aromatic heterocycles. The van der Waals surface area contributed by atoms with Crippen LogP contribution in [0, 0.1) is 0 Å². The van der Waals surface area contributed by atoms with E-state index in [9.17, 15) is 4.79 Å². The van der Waals surface area contributed by atoms with E-state index in [-0.39, 0.29) is 12.5 Å². The summed E-state index contributed by atoms with van der Waals surface area (Å²) in [5.41, 5.74) is 2.95. The lowest BCUT2D eigenvalue weighted by Gasteiger charge is -2.28. The van der Waals surface area contributed by atoms with Crippen LogP contribution in [0.5, 0.6) is 11.5 Å². The number of benzene rings is 2. The zero-order valence-electron chi connectivity index (χ0n) is 17.6. The second-order valence-electron chi connectivity index (χ2n) is 7.14. The molecule has 1 heterocycles. The molecule has 2 aromatic carbocycles. The summed E-state index contributed by atoms with van der Waals surface area (Å²) in [5, 5.41) is 2.96. The molecule has 0 radical (unpaired) electrons. The summed E-state index contributed by atoms with van der Waals surface area (Å²) in [7, 11) is 5.12. The van der Waals surface area contributed by atoms with Crippen molar-refractivity contribution in [3.05, 3.63) is 46.4 Å². The van der Waals surface area contributed by atoms with E-state index < -0.39 is 0 Å². The molecule has 30 heavy (non-hydrogen) atoms. The molecule has 0 unspecified atom stereocenters. The van der Waals surface area contributed by atoms with Gasteiger partial charge in [-0.2, -0.15) is 0 Å². The molecule has 0 bridgehead atoms. The van der Waals surface area contributed by atoms with Gasteiger partial charge in [0.25, 0.3) is 0 Å². The van der Waals surface area contributed by atoms with Crippen molar-refractivity contribution in [2.45, 2.75) is 6.54 Å². The lowest BCUT2D eigenvalue weighted by molar-refractivity contribution is -0.117. The zero-order valence-corrected chi connectivity index (χ0v) is 19.2. The van der Waals surface area contributed by atoms with Crippen molar-refractivity contribution in [1.82, 2.24) is 4.90 Å². The Morgan fingerprint density at radius 3 is 2.47 bits per heavy atom. The molecule has 2 aromatic rings. The third-order valence-electron chi connectivity index (χ3n) is 4.95. The lowest BCUT2D eigenvalue weighted by atomic mass is 10.2. The molecule has 0 saturated carbocycles. The van der Waals surface area contributed by atoms with Crippen molar-refractivity contribution < 1.29 is 19.0 Å². The standard InChI is InChI=1S/C22H28BrN3O4/c1-25(14-16-4-9-19(28-2)22(29-3)21(16)23)15-20(27)24-17-5-7-18(8-6-17)26-10-12-30-13-11-26/h4-9H,10-15H2,1-3H3,(H,24,27). The second-order valence-corrected chi connectivity index (χ2v) is 7.93. The fraction of sp³-hybridized carbons (Fsp3) is 0.409. The van der Waals surface area contributed by atoms with Crippen LogP contribution >= 0.6 is 15.9 Å². The maximum Gasteiger partial charge on any atom is 0.238 e. The van der Waals surface area contributed by atoms with E-state index in [2.05, 4.69) is 26.1 Å². The first-order chi connectivity index (χ1) is 14.5. The van der Waals surface area contributed by atoms with Crippen LogP contribution in [0.2, 0.25) is 0 Å². The summed E-state index contributed by atoms with van der Waals surface area (Å²) in [6, 6.07) is 11.8. The van der Waals surface area contributed by atoms with Crippen LogP contribution < -0.4 is 19.7 Å². The quantitative estimate of drug-likeness (QED) is 0.628. The largest absolute Gasteiger partial charge is 0.493 e. The lowest BCUT2D eigenvalue weighted by Crippen LogP contribution is -2.36. The molecule has 1 aliphatic heterocycles. The Hall–Kier alpha value is -2.29. The van der Waals surface area contributed by atoms with Crippen LogP contribution in [0.15, 0.2) is 40.9 Å². The number of carbonyl (C=O) groups is 1. The fourth-order valence-corrected chi connectivity index (χ4v) is 4.04. The number of nitrogens with one attached hydrogen (secondary N) is 1. The Kier molecular flexibility index (Phi) is 7.95. The molecule has 0 aliphatic carbocycles. The van der Waals surface area contributed by atoms with Crippen molar-refractivity contribution in [2.75, 3.05) is 64.3 Å². The molecule has 162 valence electrons. The minimum absolute atomic E-state index is 0.0618. The Morgan fingerprint density at radius 1 is 1.13 bits per heavy atom. The van der Waals surface area contributed by atoms with Gasteiger partial charge in [-0.3, -0.25) is 9.69 Å². The molecule has 1 fully saturated rings. The van der Waals surface area contributed by atoms with E-state index in [0.29, 0.717) is 18.0 Å². The van der Waals surface area contributed by atoms with E-state index >= 15 is 0 Å². The highest BCUT2D eigenvalue weighted by atomic mass is 79.9. The van der Waals surface area contributed by atoms with Gasteiger partial charge in [-0.1, -0.05) is 6.07 Å². The van der Waals surface area contributed by atoms with Crippen LogP contribution in [0.4, 0.5) is 11.4 Å². The first-order valence-corrected chi connectivity index (χ1v) is 10.6. The highest BCUT2D eigenvalue weighted by molar-refractivity contribution is 9.10. The van der Waals surface area contributed by atoms with E-state index in [1.807, 2.05) is 48.3 Å². The third kappa shape index (κ3) is 5.65. The topological polar surface area (TPSA) is 63.3 Å². The van der Waals surface area contributed by atoms with Gasteiger partial charge < -0.3 is 24.4 Å². The van der Waals surface area contributed by atoms with E-state index in [1.54, 1.807) is 14.2 Å². The minimum atomic E-state index is -0.0618. The molecule has 1 aliphatic rings. The molecular formula is C22H28BrN3O4. The van der Waals surface area contributed by atoms with Gasteiger partial charge in [0.15, 0.2) is 11.5 Å². The van der Waals surface area contributed by atoms with Crippen LogP contribution in [0.3, 0.4) is 0 Å². The van der Waals surface area contributed by atoms with Crippen molar-refractivity contribution >= 4 is 33.2 Å². The number of halogens is 1. The molecule has 3 rings (SSSR count). The predicted molar refractivity (Wildman–Crippen MR) is 122 cm³/mol. The van der Waals surface area contributed by atoms with Gasteiger partial charge in [0.05, 0.1) is 38.5 Å². The molecule has 1 N–H and O–H groups in total. The maximum absolute atomic E-state index is 12.5. The summed E-state index contributed by atoms with van der Waals surface area (Å²) in [6.45, 7) is 4.14. The van der Waals surface area contributed by atoms with Gasteiger partial charge in [-0.25, -0.2) is 0 Å². The van der Waals surface area contributed by atoms with Crippen LogP contribution in [0.25, 0.3) is 0 Å². The van der Waals surface area contributed by atoms with Crippen molar-refractivity contribution in [2.24, 2.45) is 0 Å². The monoisotopic (exact) mass is 477 g/mol. The summed E-state index contributed by atoms with van der Waals surface area (Å²) < 4.78 is 17.0. The summed E-state index contributed by atoms with van der Waals surface area (Å²) in [5.74, 6) is 1.25. The van der Waals surface area contributed by atoms with Gasteiger partial charge in [-0.15, -0.1) is 0 Å². The molecular weight excluding hydrogens is 450 g/mol. The number of methoxy groups -OCH3 is 2. The number of carbonyl (C=O) groups excluding carboxylic acids is 1. The number of rotatable bonds is 8. The van der Waals surface area contributed by atoms with Gasteiger partial charge in [0.1, 0.15) is 0 Å². The third-order valence-corrected chi connectivity index (χ3v) is 5.82. The Balaban J connectivity index is 1.54. The zero-order chi connectivity index (χ0) is 21.5. The Labute approximate surface area is 186 Å². The first kappa shape index (κ1) is 22.4. The van der Waals surface area contributed by atoms with Gasteiger partial charge >= 0.3 is 0 Å². The van der Waals surface area contributed by atoms with Gasteiger partial charge in [0, 0.05) is 31.0 Å². The number of hydrogen-bond acceptors (Lipinski definition) is 6. The van der Waals surface area contributed by atoms with Gasteiger partial charge in [-0.05, 0) is 58.9 Å². The number of morpholine rings is 1. The normalized spacial score (nSPS) is 14.0. The molecule has 1 amide bonds. The van der Waals surface area contributed by atoms with E-state index in [0.717, 1.165) is 47.7 Å². The van der Waals surface area contributed by atoms with Crippen molar-refractivity contribution in [3.8, 4) is 11.5 Å². The van der Waals surface area contributed by atoms with Gasteiger partial charge in [0.2, 0.25) is 5.91 Å². The number of anilines is 2. The summed E-state index contributed by atoms with van der Waals surface area (Å²) in [6.07, 6.45) is 0. The Bertz CT molecular complexity index is 854. The molecule has 7 nitrogen and oxygen atoms in total. The van der Waals surface area contributed by atoms with Crippen molar-refractivity contribution in [1.29, 1.82) is 0 Å². The fourth-order valence-electron chi connectivity index (χ4n) is 3.42. The predicted octanol–water partition coefficient (Wildman–Crippen LogP) is 3.37. The van der Waals surface area contributed by atoms with Crippen LogP contribution in [-0.2, 0) is 16.1 Å². The van der Waals surface area contributed by atoms with E-state index in [1.165, 1.54) is 0 Å².